The van der Waals surface area contributed by atoms with Gasteiger partial charge in [0.25, 0.3) is 0 Å². The number of aromatic hydroxyl groups is 1. The molecular weight excluding hydrogens is 412 g/mol. The maximum absolute atomic E-state index is 10.2. The number of anilines is 1. The van der Waals surface area contributed by atoms with Crippen molar-refractivity contribution in [3.8, 4) is 5.75 Å². The number of para-hydroxylation sites is 1. The van der Waals surface area contributed by atoms with Gasteiger partial charge in [-0.2, -0.15) is 0 Å². The van der Waals surface area contributed by atoms with Crippen LogP contribution in [0.4, 0.5) is 5.69 Å². The topological polar surface area (TPSA) is 23.5 Å². The number of hydrogen-bond acceptors (Lipinski definition) is 2. The Bertz CT molecular complexity index is 665. The van der Waals surface area contributed by atoms with Crippen LogP contribution in [0.15, 0.2) is 42.5 Å². The van der Waals surface area contributed by atoms with Crippen molar-refractivity contribution in [2.75, 3.05) is 19.0 Å². The second-order valence-electron chi connectivity index (χ2n) is 6.59. The number of rotatable bonds is 4. The minimum atomic E-state index is -1.36. The Morgan fingerprint density at radius 2 is 1.58 bits per heavy atom. The van der Waals surface area contributed by atoms with Crippen molar-refractivity contribution < 1.29 is 22.1 Å². The standard InChI is InChI=1S/C17H24NOPSi.2ClH.Ti/c1-18(2)14-8-6-7-9-16(14)20-17-12-13(21(3,4)5)10-11-15(17)19;;;/h6-12,19-20H,1-5H3;2*1H;/q;;;+2/p-2. The molecule has 0 amide bonds. The zero-order valence-corrected chi connectivity index (χ0v) is 19.8. The normalized spacial score (nSPS) is 11.1. The van der Waals surface area contributed by atoms with Gasteiger partial charge in [-0.25, -0.2) is 0 Å². The molecule has 0 radical (unpaired) electrons. The van der Waals surface area contributed by atoms with Crippen LogP contribution in [0.5, 0.6) is 5.75 Å². The van der Waals surface area contributed by atoms with E-state index in [-0.39, 0.29) is 0 Å². The van der Waals surface area contributed by atoms with Crippen molar-refractivity contribution in [3.63, 3.8) is 0 Å². The number of halogens is 2. The fraction of sp³-hybridized carbons (Fsp3) is 0.294. The third-order valence-electron chi connectivity index (χ3n) is 3.52. The van der Waals surface area contributed by atoms with E-state index in [4.69, 9.17) is 18.6 Å². The van der Waals surface area contributed by atoms with Crippen molar-refractivity contribution in [1.29, 1.82) is 0 Å². The molecule has 7 heteroatoms. The predicted molar refractivity (Wildman–Crippen MR) is 111 cm³/mol. The van der Waals surface area contributed by atoms with E-state index in [1.165, 1.54) is 16.2 Å². The van der Waals surface area contributed by atoms with Crippen LogP contribution >= 0.6 is 27.2 Å². The van der Waals surface area contributed by atoms with Gasteiger partial charge >= 0.3 is 35.6 Å². The summed E-state index contributed by atoms with van der Waals surface area (Å²) in [5, 5.41) is 13.9. The Morgan fingerprint density at radius 1 is 1.00 bits per heavy atom. The first-order valence-electron chi connectivity index (χ1n) is 7.53. The summed E-state index contributed by atoms with van der Waals surface area (Å²) in [7, 11) is 13.0. The molecule has 1 unspecified atom stereocenters. The molecule has 0 spiro atoms. The number of nitrogens with zero attached hydrogens (tertiary/aromatic N) is 1. The van der Waals surface area contributed by atoms with Gasteiger partial charge in [0.05, 0.1) is 8.07 Å². The first-order chi connectivity index (χ1) is 11.2. The van der Waals surface area contributed by atoms with Gasteiger partial charge in [0.2, 0.25) is 0 Å². The minimum absolute atomic E-state index is 0.406. The molecule has 1 N–H and O–H groups in total. The summed E-state index contributed by atoms with van der Waals surface area (Å²) >= 11 is -0.556. The summed E-state index contributed by atoms with van der Waals surface area (Å²) in [6.45, 7) is 7.00. The number of phenolic OH excluding ortho intramolecular Hbond substituents is 1. The molecule has 0 bridgehead atoms. The van der Waals surface area contributed by atoms with Crippen LogP contribution in [-0.2, 0) is 17.0 Å². The van der Waals surface area contributed by atoms with Crippen LogP contribution < -0.4 is 20.7 Å². The van der Waals surface area contributed by atoms with Crippen molar-refractivity contribution in [2.45, 2.75) is 19.6 Å². The van der Waals surface area contributed by atoms with Crippen molar-refractivity contribution in [2.24, 2.45) is 0 Å². The predicted octanol–water partition coefficient (Wildman–Crippen LogP) is 4.01. The van der Waals surface area contributed by atoms with Gasteiger partial charge in [0.1, 0.15) is 5.75 Å². The molecule has 0 saturated heterocycles. The van der Waals surface area contributed by atoms with E-state index in [1.54, 1.807) is 0 Å². The fourth-order valence-corrected chi connectivity index (χ4v) is 4.87. The van der Waals surface area contributed by atoms with E-state index in [0.29, 0.717) is 14.3 Å². The molecule has 0 aliphatic heterocycles. The number of benzene rings is 2. The van der Waals surface area contributed by atoms with Crippen molar-refractivity contribution >= 4 is 56.7 Å². The average Bonchev–Trinajstić information content (AvgIpc) is 2.49. The summed E-state index contributed by atoms with van der Waals surface area (Å²) in [6, 6.07) is 14.5. The summed E-state index contributed by atoms with van der Waals surface area (Å²) in [5.74, 6) is 0.406. The Balaban J connectivity index is 0.000000891. The van der Waals surface area contributed by atoms with E-state index < -0.39 is 25.1 Å². The molecule has 130 valence electrons. The van der Waals surface area contributed by atoms with Gasteiger partial charge in [-0.3, -0.25) is 0 Å². The Hall–Kier alpha value is -0.0188. The Morgan fingerprint density at radius 3 is 2.12 bits per heavy atom. The molecular formula is C17H24Cl2NOPSiTi. The molecule has 2 aromatic rings. The van der Waals surface area contributed by atoms with Crippen LogP contribution in [-0.4, -0.2) is 27.3 Å². The Labute approximate surface area is 165 Å². The second kappa shape index (κ2) is 10.2. The van der Waals surface area contributed by atoms with E-state index in [0.717, 1.165) is 5.30 Å². The summed E-state index contributed by atoms with van der Waals surface area (Å²) in [5.41, 5.74) is 1.22. The van der Waals surface area contributed by atoms with Crippen molar-refractivity contribution in [1.82, 2.24) is 0 Å². The van der Waals surface area contributed by atoms with Gasteiger partial charge < -0.3 is 10.0 Å². The fourth-order valence-electron chi connectivity index (χ4n) is 2.22. The van der Waals surface area contributed by atoms with Gasteiger partial charge in [-0.05, 0) is 12.1 Å². The summed E-state index contributed by atoms with van der Waals surface area (Å²) < 4.78 is 0. The number of phenols is 1. The molecule has 0 aromatic heterocycles. The molecule has 2 aromatic carbocycles. The van der Waals surface area contributed by atoms with E-state index in [1.807, 2.05) is 6.07 Å². The first-order valence-corrected chi connectivity index (χ1v) is 16.3. The maximum atomic E-state index is 10.2. The van der Waals surface area contributed by atoms with Crippen LogP contribution in [0.25, 0.3) is 0 Å². The monoisotopic (exact) mass is 435 g/mol. The van der Waals surface area contributed by atoms with Crippen LogP contribution in [0.2, 0.25) is 19.6 Å². The third-order valence-corrected chi connectivity index (χ3v) is 6.92. The quantitative estimate of drug-likeness (QED) is 0.579. The Kier molecular flexibility index (Phi) is 9.37. The van der Waals surface area contributed by atoms with E-state index in [2.05, 4.69) is 75.0 Å². The second-order valence-corrected chi connectivity index (χ2v) is 15.6. The molecule has 0 saturated carbocycles. The average molecular weight is 436 g/mol. The molecule has 1 atom stereocenters. The van der Waals surface area contributed by atoms with Gasteiger partial charge in [0.15, 0.2) is 0 Å². The van der Waals surface area contributed by atoms with E-state index in [9.17, 15) is 5.11 Å². The summed E-state index contributed by atoms with van der Waals surface area (Å²) in [6.07, 6.45) is 0. The SMILES string of the molecule is CN(C)c1ccccc1Pc1cc([Si](C)(C)C)ccc1O.[Cl][Ti][Cl]. The zero-order valence-electron chi connectivity index (χ0n) is 14.7. The van der Waals surface area contributed by atoms with Gasteiger partial charge in [-0.1, -0.05) is 63.7 Å². The van der Waals surface area contributed by atoms with Crippen molar-refractivity contribution in [3.05, 3.63) is 42.5 Å². The van der Waals surface area contributed by atoms with E-state index >= 15 is 0 Å². The molecule has 0 aliphatic rings. The van der Waals surface area contributed by atoms with Gasteiger partial charge in [0, 0.05) is 30.4 Å². The zero-order chi connectivity index (χ0) is 18.3. The third kappa shape index (κ3) is 6.71. The molecule has 0 fully saturated rings. The molecule has 2 nitrogen and oxygen atoms in total. The molecule has 2 rings (SSSR count). The van der Waals surface area contributed by atoms with Crippen LogP contribution in [0, 0.1) is 0 Å². The molecule has 0 aliphatic carbocycles. The first kappa shape index (κ1) is 22.0. The summed E-state index contributed by atoms with van der Waals surface area (Å²) in [4.78, 5) is 2.13. The van der Waals surface area contributed by atoms with Crippen LogP contribution in [0.1, 0.15) is 0 Å². The van der Waals surface area contributed by atoms with Gasteiger partial charge in [-0.15, -0.1) is 0 Å². The van der Waals surface area contributed by atoms with Crippen LogP contribution in [0.3, 0.4) is 0 Å². The number of hydrogen-bond donors (Lipinski definition) is 1. The molecule has 24 heavy (non-hydrogen) atoms. The molecule has 0 heterocycles.